The van der Waals surface area contributed by atoms with Gasteiger partial charge in [-0.3, -0.25) is 4.79 Å². The van der Waals surface area contributed by atoms with E-state index in [9.17, 15) is 4.79 Å². The van der Waals surface area contributed by atoms with Crippen molar-refractivity contribution in [2.45, 2.75) is 46.6 Å². The van der Waals surface area contributed by atoms with Crippen molar-refractivity contribution in [3.8, 4) is 0 Å². The van der Waals surface area contributed by atoms with Crippen molar-refractivity contribution < 1.29 is 4.79 Å². The number of likely N-dealkylation sites (tertiary alicyclic amines) is 1. The van der Waals surface area contributed by atoms with Crippen LogP contribution in [0.1, 0.15) is 40.5 Å². The van der Waals surface area contributed by atoms with E-state index in [0.717, 1.165) is 31.8 Å². The zero-order chi connectivity index (χ0) is 12.3. The zero-order valence-electron chi connectivity index (χ0n) is 11.1. The molecule has 0 aromatic rings. The molecule has 0 aromatic heterocycles. The van der Waals surface area contributed by atoms with E-state index >= 15 is 0 Å². The molecule has 0 bridgehead atoms. The van der Waals surface area contributed by atoms with Gasteiger partial charge in [-0.15, -0.1) is 0 Å². The molecule has 0 spiro atoms. The minimum absolute atomic E-state index is 0.146. The summed E-state index contributed by atoms with van der Waals surface area (Å²) in [7, 11) is 0. The molecule has 0 aromatic carbocycles. The third-order valence-electron chi connectivity index (χ3n) is 3.69. The summed E-state index contributed by atoms with van der Waals surface area (Å²) in [4.78, 5) is 14.0. The smallest absolute Gasteiger partial charge is 0.239 e. The number of carbonyl (C=O) groups is 1. The Bertz CT molecular complexity index is 240. The fourth-order valence-electron chi connectivity index (χ4n) is 2.31. The van der Waals surface area contributed by atoms with Crippen molar-refractivity contribution in [1.29, 1.82) is 0 Å². The third-order valence-corrected chi connectivity index (χ3v) is 3.69. The highest BCUT2D eigenvalue weighted by Crippen LogP contribution is 2.23. The Morgan fingerprint density at radius 2 is 2.00 bits per heavy atom. The quantitative estimate of drug-likeness (QED) is 0.798. The number of hydrogen-bond donors (Lipinski definition) is 1. The summed E-state index contributed by atoms with van der Waals surface area (Å²) in [5.41, 5.74) is 5.94. The molecule has 1 rings (SSSR count). The number of piperidine rings is 1. The van der Waals surface area contributed by atoms with Crippen LogP contribution in [0.2, 0.25) is 0 Å². The predicted octanol–water partition coefficient (Wildman–Crippen LogP) is 1.86. The Morgan fingerprint density at radius 1 is 1.38 bits per heavy atom. The second-order valence-corrected chi connectivity index (χ2v) is 5.76. The summed E-state index contributed by atoms with van der Waals surface area (Å²) in [6.07, 6.45) is 1.90. The van der Waals surface area contributed by atoms with Gasteiger partial charge in [0.25, 0.3) is 0 Å². The average Bonchev–Trinajstić information content (AvgIpc) is 2.20. The maximum Gasteiger partial charge on any atom is 0.239 e. The van der Waals surface area contributed by atoms with Crippen LogP contribution in [-0.2, 0) is 4.79 Å². The molecule has 2 N–H and O–H groups in total. The van der Waals surface area contributed by atoms with Gasteiger partial charge >= 0.3 is 0 Å². The number of hydrogen-bond acceptors (Lipinski definition) is 2. The van der Waals surface area contributed by atoms with Crippen molar-refractivity contribution in [2.75, 3.05) is 13.1 Å². The first kappa shape index (κ1) is 13.5. The lowest BCUT2D eigenvalue weighted by Gasteiger charge is -2.36. The fraction of sp³-hybridized carbons (Fsp3) is 0.923. The minimum atomic E-state index is -0.305. The fourth-order valence-corrected chi connectivity index (χ4v) is 2.31. The second kappa shape index (κ2) is 5.67. The van der Waals surface area contributed by atoms with Gasteiger partial charge in [0.1, 0.15) is 0 Å². The molecule has 1 saturated heterocycles. The molecule has 0 saturated carbocycles. The standard InChI is InChI=1S/C13H26N2O/c1-9(2)7-12(14)13(16)15-6-5-10(3)11(4)8-15/h9-12H,5-8,14H2,1-4H3. The summed E-state index contributed by atoms with van der Waals surface area (Å²) in [5.74, 6) is 1.96. The van der Waals surface area contributed by atoms with E-state index in [0.29, 0.717) is 11.8 Å². The zero-order valence-corrected chi connectivity index (χ0v) is 11.1. The topological polar surface area (TPSA) is 46.3 Å². The van der Waals surface area contributed by atoms with Crippen molar-refractivity contribution in [2.24, 2.45) is 23.5 Å². The molecule has 16 heavy (non-hydrogen) atoms. The van der Waals surface area contributed by atoms with Gasteiger partial charge in [-0.05, 0) is 30.6 Å². The molecule has 3 heteroatoms. The number of nitrogens with zero attached hydrogens (tertiary/aromatic N) is 1. The van der Waals surface area contributed by atoms with Crippen molar-refractivity contribution in [3.63, 3.8) is 0 Å². The molecule has 94 valence electrons. The van der Waals surface area contributed by atoms with Gasteiger partial charge in [0, 0.05) is 13.1 Å². The Kier molecular flexibility index (Phi) is 4.78. The van der Waals surface area contributed by atoms with E-state index in [1.165, 1.54) is 0 Å². The molecule has 1 aliphatic heterocycles. The van der Waals surface area contributed by atoms with Crippen LogP contribution in [0.15, 0.2) is 0 Å². The SMILES string of the molecule is CC(C)CC(N)C(=O)N1CCC(C)C(C)C1. The van der Waals surface area contributed by atoms with E-state index in [1.54, 1.807) is 0 Å². The number of carbonyl (C=O) groups excluding carboxylic acids is 1. The lowest BCUT2D eigenvalue weighted by Crippen LogP contribution is -2.49. The van der Waals surface area contributed by atoms with Crippen LogP contribution in [0.4, 0.5) is 0 Å². The van der Waals surface area contributed by atoms with Gasteiger partial charge in [0.15, 0.2) is 0 Å². The number of rotatable bonds is 3. The molecular formula is C13H26N2O. The lowest BCUT2D eigenvalue weighted by molar-refractivity contribution is -0.135. The molecule has 0 radical (unpaired) electrons. The molecule has 3 atom stereocenters. The average molecular weight is 226 g/mol. The highest BCUT2D eigenvalue weighted by Gasteiger charge is 2.28. The van der Waals surface area contributed by atoms with E-state index < -0.39 is 0 Å². The predicted molar refractivity (Wildman–Crippen MR) is 67.0 cm³/mol. The molecule has 1 heterocycles. The van der Waals surface area contributed by atoms with Gasteiger partial charge in [-0.2, -0.15) is 0 Å². The van der Waals surface area contributed by atoms with Crippen molar-refractivity contribution in [3.05, 3.63) is 0 Å². The molecular weight excluding hydrogens is 200 g/mol. The van der Waals surface area contributed by atoms with E-state index in [-0.39, 0.29) is 11.9 Å². The van der Waals surface area contributed by atoms with Gasteiger partial charge < -0.3 is 10.6 Å². The van der Waals surface area contributed by atoms with Gasteiger partial charge in [0.2, 0.25) is 5.91 Å². The van der Waals surface area contributed by atoms with E-state index in [1.807, 2.05) is 4.90 Å². The maximum atomic E-state index is 12.1. The highest BCUT2D eigenvalue weighted by atomic mass is 16.2. The van der Waals surface area contributed by atoms with Gasteiger partial charge in [-0.1, -0.05) is 27.7 Å². The Balaban J connectivity index is 2.48. The van der Waals surface area contributed by atoms with E-state index in [2.05, 4.69) is 27.7 Å². The van der Waals surface area contributed by atoms with Crippen LogP contribution in [-0.4, -0.2) is 29.9 Å². The first-order valence-electron chi connectivity index (χ1n) is 6.46. The molecule has 1 fully saturated rings. The summed E-state index contributed by atoms with van der Waals surface area (Å²) < 4.78 is 0. The lowest BCUT2D eigenvalue weighted by atomic mass is 9.88. The highest BCUT2D eigenvalue weighted by molar-refractivity contribution is 5.81. The van der Waals surface area contributed by atoms with Crippen molar-refractivity contribution in [1.82, 2.24) is 4.90 Å². The molecule has 3 unspecified atom stereocenters. The van der Waals surface area contributed by atoms with Gasteiger partial charge in [0.05, 0.1) is 6.04 Å². The summed E-state index contributed by atoms with van der Waals surface area (Å²) in [6, 6.07) is -0.305. The maximum absolute atomic E-state index is 12.1. The van der Waals surface area contributed by atoms with Crippen LogP contribution in [0.5, 0.6) is 0 Å². The first-order chi connectivity index (χ1) is 7.41. The largest absolute Gasteiger partial charge is 0.341 e. The monoisotopic (exact) mass is 226 g/mol. The summed E-state index contributed by atoms with van der Waals surface area (Å²) in [5, 5.41) is 0. The first-order valence-corrected chi connectivity index (χ1v) is 6.46. The normalized spacial score (nSPS) is 28.2. The van der Waals surface area contributed by atoms with Crippen molar-refractivity contribution >= 4 is 5.91 Å². The van der Waals surface area contributed by atoms with Gasteiger partial charge in [-0.25, -0.2) is 0 Å². The Hall–Kier alpha value is -0.570. The molecule has 3 nitrogen and oxygen atoms in total. The van der Waals surface area contributed by atoms with E-state index in [4.69, 9.17) is 5.73 Å². The van der Waals surface area contributed by atoms with Crippen LogP contribution < -0.4 is 5.73 Å². The van der Waals surface area contributed by atoms with Crippen LogP contribution >= 0.6 is 0 Å². The van der Waals surface area contributed by atoms with Crippen LogP contribution in [0, 0.1) is 17.8 Å². The summed E-state index contributed by atoms with van der Waals surface area (Å²) >= 11 is 0. The Morgan fingerprint density at radius 3 is 2.50 bits per heavy atom. The number of nitrogens with two attached hydrogens (primary N) is 1. The third kappa shape index (κ3) is 3.48. The number of amides is 1. The Labute approximate surface area is 99.4 Å². The molecule has 0 aliphatic carbocycles. The van der Waals surface area contributed by atoms with Crippen LogP contribution in [0.25, 0.3) is 0 Å². The minimum Gasteiger partial charge on any atom is -0.341 e. The molecule has 1 aliphatic rings. The van der Waals surface area contributed by atoms with Crippen LogP contribution in [0.3, 0.4) is 0 Å². The second-order valence-electron chi connectivity index (χ2n) is 5.76. The summed E-state index contributed by atoms with van der Waals surface area (Å²) in [6.45, 7) is 10.5. The molecule has 1 amide bonds.